The van der Waals surface area contributed by atoms with Gasteiger partial charge in [-0.15, -0.1) is 0 Å². The Labute approximate surface area is 83.7 Å². The molecule has 1 atom stereocenters. The number of hydrogen-bond acceptors (Lipinski definition) is 4. The lowest BCUT2D eigenvalue weighted by atomic mass is 10.1. The van der Waals surface area contributed by atoms with Crippen molar-refractivity contribution in [2.45, 2.75) is 6.04 Å². The van der Waals surface area contributed by atoms with E-state index in [0.717, 1.165) is 25.3 Å². The zero-order valence-corrected chi connectivity index (χ0v) is 8.29. The van der Waals surface area contributed by atoms with Crippen LogP contribution < -0.4 is 15.4 Å². The molecule has 2 N–H and O–H groups in total. The molecule has 1 aliphatic rings. The predicted octanol–water partition coefficient (Wildman–Crippen LogP) is 0.324. The highest BCUT2D eigenvalue weighted by Crippen LogP contribution is 2.14. The van der Waals surface area contributed by atoms with Gasteiger partial charge in [0.1, 0.15) is 0 Å². The van der Waals surface area contributed by atoms with E-state index in [1.54, 1.807) is 7.11 Å². The first-order valence-corrected chi connectivity index (χ1v) is 4.85. The Morgan fingerprint density at radius 3 is 3.07 bits per heavy atom. The summed E-state index contributed by atoms with van der Waals surface area (Å²) in [6.07, 6.45) is 0. The third-order valence-corrected chi connectivity index (χ3v) is 2.35. The normalized spacial score (nSPS) is 21.9. The number of hydrogen-bond donors (Lipinski definition) is 2. The monoisotopic (exact) mass is 193 g/mol. The summed E-state index contributed by atoms with van der Waals surface area (Å²) in [5.74, 6) is 0.676. The summed E-state index contributed by atoms with van der Waals surface area (Å²) in [5, 5.41) is 6.73. The number of piperazine rings is 1. The van der Waals surface area contributed by atoms with E-state index in [-0.39, 0.29) is 0 Å². The minimum absolute atomic E-state index is 0.304. The Morgan fingerprint density at radius 1 is 1.43 bits per heavy atom. The van der Waals surface area contributed by atoms with Gasteiger partial charge in [0.05, 0.1) is 18.8 Å². The molecule has 2 rings (SSSR count). The number of rotatable bonds is 2. The molecular formula is C10H15N3O. The third-order valence-electron chi connectivity index (χ3n) is 2.35. The Morgan fingerprint density at radius 2 is 2.36 bits per heavy atom. The second kappa shape index (κ2) is 4.39. The lowest BCUT2D eigenvalue weighted by Crippen LogP contribution is -2.42. The van der Waals surface area contributed by atoms with Crippen LogP contribution in [0.5, 0.6) is 5.88 Å². The summed E-state index contributed by atoms with van der Waals surface area (Å²) < 4.78 is 5.09. The largest absolute Gasteiger partial charge is 0.481 e. The maximum absolute atomic E-state index is 5.09. The molecule has 0 radical (unpaired) electrons. The lowest BCUT2D eigenvalue weighted by Gasteiger charge is -2.24. The maximum atomic E-state index is 5.09. The van der Waals surface area contributed by atoms with E-state index in [4.69, 9.17) is 4.74 Å². The zero-order valence-electron chi connectivity index (χ0n) is 8.29. The molecular weight excluding hydrogens is 178 g/mol. The van der Waals surface area contributed by atoms with E-state index >= 15 is 0 Å². The van der Waals surface area contributed by atoms with E-state index in [0.29, 0.717) is 11.9 Å². The SMILES string of the molecule is COc1cccc([C@H]2CNCCN2)n1. The van der Waals surface area contributed by atoms with Gasteiger partial charge in [0.15, 0.2) is 0 Å². The fourth-order valence-electron chi connectivity index (χ4n) is 1.60. The lowest BCUT2D eigenvalue weighted by molar-refractivity contribution is 0.384. The predicted molar refractivity (Wildman–Crippen MR) is 54.4 cm³/mol. The van der Waals surface area contributed by atoms with E-state index in [1.165, 1.54) is 0 Å². The Balaban J connectivity index is 2.13. The average Bonchev–Trinajstić information content (AvgIpc) is 2.30. The number of nitrogens with zero attached hydrogens (tertiary/aromatic N) is 1. The number of aromatic nitrogens is 1. The van der Waals surface area contributed by atoms with Crippen molar-refractivity contribution < 1.29 is 4.74 Å². The topological polar surface area (TPSA) is 46.2 Å². The van der Waals surface area contributed by atoms with Crippen LogP contribution in [0.25, 0.3) is 0 Å². The number of nitrogens with one attached hydrogen (secondary N) is 2. The van der Waals surface area contributed by atoms with Crippen molar-refractivity contribution in [3.8, 4) is 5.88 Å². The molecule has 0 spiro atoms. The first-order chi connectivity index (χ1) is 6.90. The van der Waals surface area contributed by atoms with Crippen LogP contribution in [-0.4, -0.2) is 31.7 Å². The molecule has 76 valence electrons. The van der Waals surface area contributed by atoms with Crippen LogP contribution in [0.2, 0.25) is 0 Å². The zero-order chi connectivity index (χ0) is 9.80. The van der Waals surface area contributed by atoms with Crippen LogP contribution in [0.15, 0.2) is 18.2 Å². The Kier molecular flexibility index (Phi) is 2.96. The van der Waals surface area contributed by atoms with Gasteiger partial charge in [-0.3, -0.25) is 0 Å². The van der Waals surface area contributed by atoms with Crippen molar-refractivity contribution in [2.75, 3.05) is 26.7 Å². The molecule has 0 bridgehead atoms. The highest BCUT2D eigenvalue weighted by Gasteiger charge is 2.15. The Hall–Kier alpha value is -1.13. The van der Waals surface area contributed by atoms with Crippen LogP contribution in [-0.2, 0) is 0 Å². The average molecular weight is 193 g/mol. The van der Waals surface area contributed by atoms with Gasteiger partial charge >= 0.3 is 0 Å². The molecule has 4 heteroatoms. The highest BCUT2D eigenvalue weighted by atomic mass is 16.5. The second-order valence-electron chi connectivity index (χ2n) is 3.32. The van der Waals surface area contributed by atoms with Gasteiger partial charge in [-0.05, 0) is 6.07 Å². The quantitative estimate of drug-likeness (QED) is 0.710. The molecule has 14 heavy (non-hydrogen) atoms. The first-order valence-electron chi connectivity index (χ1n) is 4.85. The van der Waals surface area contributed by atoms with Gasteiger partial charge < -0.3 is 15.4 Å². The van der Waals surface area contributed by atoms with Gasteiger partial charge in [0, 0.05) is 25.7 Å². The Bertz CT molecular complexity index is 297. The van der Waals surface area contributed by atoms with E-state index in [2.05, 4.69) is 15.6 Å². The van der Waals surface area contributed by atoms with Gasteiger partial charge in [-0.1, -0.05) is 6.07 Å². The van der Waals surface area contributed by atoms with Crippen molar-refractivity contribution in [3.05, 3.63) is 23.9 Å². The van der Waals surface area contributed by atoms with E-state index in [9.17, 15) is 0 Å². The van der Waals surface area contributed by atoms with Crippen LogP contribution in [0.3, 0.4) is 0 Å². The summed E-state index contributed by atoms with van der Waals surface area (Å²) in [5.41, 5.74) is 1.04. The highest BCUT2D eigenvalue weighted by molar-refractivity contribution is 5.18. The summed E-state index contributed by atoms with van der Waals surface area (Å²) in [4.78, 5) is 4.39. The maximum Gasteiger partial charge on any atom is 0.213 e. The number of pyridine rings is 1. The molecule has 0 saturated carbocycles. The molecule has 4 nitrogen and oxygen atoms in total. The summed E-state index contributed by atoms with van der Waals surface area (Å²) >= 11 is 0. The summed E-state index contributed by atoms with van der Waals surface area (Å²) in [6, 6.07) is 6.16. The molecule has 0 aromatic carbocycles. The molecule has 1 aromatic heterocycles. The minimum atomic E-state index is 0.304. The molecule has 1 fully saturated rings. The second-order valence-corrected chi connectivity index (χ2v) is 3.32. The van der Waals surface area contributed by atoms with E-state index in [1.807, 2.05) is 18.2 Å². The fourth-order valence-corrected chi connectivity index (χ4v) is 1.60. The molecule has 0 amide bonds. The van der Waals surface area contributed by atoms with Gasteiger partial charge in [-0.25, -0.2) is 4.98 Å². The molecule has 0 unspecified atom stereocenters. The van der Waals surface area contributed by atoms with Crippen LogP contribution in [0, 0.1) is 0 Å². The van der Waals surface area contributed by atoms with Crippen molar-refractivity contribution in [3.63, 3.8) is 0 Å². The van der Waals surface area contributed by atoms with Gasteiger partial charge in [0.25, 0.3) is 0 Å². The first kappa shape index (κ1) is 9.43. The molecule has 2 heterocycles. The van der Waals surface area contributed by atoms with Crippen molar-refractivity contribution in [1.82, 2.24) is 15.6 Å². The molecule has 1 saturated heterocycles. The number of ether oxygens (including phenoxy) is 1. The van der Waals surface area contributed by atoms with Gasteiger partial charge in [-0.2, -0.15) is 0 Å². The minimum Gasteiger partial charge on any atom is -0.481 e. The summed E-state index contributed by atoms with van der Waals surface area (Å²) in [6.45, 7) is 2.95. The molecule has 1 aliphatic heterocycles. The van der Waals surface area contributed by atoms with Crippen molar-refractivity contribution in [1.29, 1.82) is 0 Å². The van der Waals surface area contributed by atoms with Crippen LogP contribution in [0.4, 0.5) is 0 Å². The van der Waals surface area contributed by atoms with Crippen molar-refractivity contribution >= 4 is 0 Å². The molecule has 1 aromatic rings. The fraction of sp³-hybridized carbons (Fsp3) is 0.500. The third kappa shape index (κ3) is 2.02. The standard InChI is InChI=1S/C10H15N3O/c1-14-10-4-2-3-8(13-10)9-7-11-5-6-12-9/h2-4,9,11-12H,5-7H2,1H3/t9-/m1/s1. The van der Waals surface area contributed by atoms with Crippen molar-refractivity contribution in [2.24, 2.45) is 0 Å². The van der Waals surface area contributed by atoms with Gasteiger partial charge in [0.2, 0.25) is 5.88 Å². The molecule has 0 aliphatic carbocycles. The van der Waals surface area contributed by atoms with Crippen LogP contribution in [0.1, 0.15) is 11.7 Å². The number of methoxy groups -OCH3 is 1. The smallest absolute Gasteiger partial charge is 0.213 e. The van der Waals surface area contributed by atoms with Crippen LogP contribution >= 0.6 is 0 Å². The summed E-state index contributed by atoms with van der Waals surface area (Å²) in [7, 11) is 1.64. The van der Waals surface area contributed by atoms with E-state index < -0.39 is 0 Å².